The molecule has 0 spiro atoms. The molecule has 4 nitrogen and oxygen atoms in total. The quantitative estimate of drug-likeness (QED) is 0.666. The molecular weight excluding hydrogens is 343 g/mol. The molecule has 1 atom stereocenters. The van der Waals surface area contributed by atoms with E-state index in [1.165, 1.54) is 17.7 Å². The fourth-order valence-corrected chi connectivity index (χ4v) is 2.68. The van der Waals surface area contributed by atoms with Gasteiger partial charge in [0.25, 0.3) is 5.91 Å². The van der Waals surface area contributed by atoms with Gasteiger partial charge in [0.1, 0.15) is 0 Å². The fourth-order valence-electron chi connectivity index (χ4n) is 2.68. The first-order chi connectivity index (χ1) is 13.2. The molecule has 0 saturated carbocycles. The minimum atomic E-state index is -0.765. The second-order valence-corrected chi connectivity index (χ2v) is 6.16. The second kappa shape index (κ2) is 8.94. The van der Waals surface area contributed by atoms with Gasteiger partial charge in [0, 0.05) is 18.1 Å². The van der Waals surface area contributed by atoms with Crippen LogP contribution < -0.4 is 10.1 Å². The Kier molecular flexibility index (Phi) is 6.15. The molecule has 3 rings (SSSR count). The number of halogens is 1. The topological polar surface area (TPSA) is 51.2 Å². The maximum absolute atomic E-state index is 13.7. The number of pyridine rings is 1. The largest absolute Gasteiger partial charge is 0.478 e. The van der Waals surface area contributed by atoms with E-state index in [1.807, 2.05) is 43.3 Å². The molecule has 5 heteroatoms. The number of nitrogens with one attached hydrogen (secondary N) is 1. The highest BCUT2D eigenvalue weighted by Crippen LogP contribution is 2.19. The number of aromatic nitrogens is 1. The summed E-state index contributed by atoms with van der Waals surface area (Å²) in [7, 11) is 0. The number of benzene rings is 2. The summed E-state index contributed by atoms with van der Waals surface area (Å²) in [5.41, 5.74) is 2.98. The lowest BCUT2D eigenvalue weighted by Crippen LogP contribution is -2.32. The van der Waals surface area contributed by atoms with Crippen molar-refractivity contribution in [3.63, 3.8) is 0 Å². The summed E-state index contributed by atoms with van der Waals surface area (Å²) < 4.78 is 19.3. The first-order valence-electron chi connectivity index (χ1n) is 8.85. The Balaban J connectivity index is 1.61. The van der Waals surface area contributed by atoms with E-state index in [2.05, 4.69) is 10.3 Å². The lowest BCUT2D eigenvalue weighted by atomic mass is 10.1. The van der Waals surface area contributed by atoms with Crippen molar-refractivity contribution in [3.8, 4) is 5.75 Å². The zero-order valence-corrected chi connectivity index (χ0v) is 15.1. The van der Waals surface area contributed by atoms with Crippen molar-refractivity contribution in [2.24, 2.45) is 0 Å². The Bertz CT molecular complexity index is 882. The molecule has 27 heavy (non-hydrogen) atoms. The summed E-state index contributed by atoms with van der Waals surface area (Å²) >= 11 is 0. The summed E-state index contributed by atoms with van der Waals surface area (Å²) in [6.45, 7) is 1.82. The summed E-state index contributed by atoms with van der Waals surface area (Å²) in [4.78, 5) is 16.5. The van der Waals surface area contributed by atoms with Crippen LogP contribution in [-0.4, -0.2) is 17.0 Å². The third-order valence-corrected chi connectivity index (χ3v) is 4.15. The van der Waals surface area contributed by atoms with Gasteiger partial charge in [0.2, 0.25) is 0 Å². The predicted octanol–water partition coefficient (Wildman–Crippen LogP) is 4.61. The number of anilines is 1. The van der Waals surface area contributed by atoms with Crippen LogP contribution in [0.1, 0.15) is 24.5 Å². The van der Waals surface area contributed by atoms with E-state index in [0.29, 0.717) is 12.1 Å². The van der Waals surface area contributed by atoms with Gasteiger partial charge in [-0.15, -0.1) is 0 Å². The van der Waals surface area contributed by atoms with Gasteiger partial charge in [-0.3, -0.25) is 9.78 Å². The molecule has 0 aliphatic rings. The average Bonchev–Trinajstić information content (AvgIpc) is 2.69. The lowest BCUT2D eigenvalue weighted by molar-refractivity contribution is -0.122. The molecular formula is C22H21FN2O2. The number of rotatable bonds is 7. The molecule has 0 bridgehead atoms. The van der Waals surface area contributed by atoms with Gasteiger partial charge in [-0.05, 0) is 60.4 Å². The Labute approximate surface area is 158 Å². The molecule has 2 aromatic carbocycles. The van der Waals surface area contributed by atoms with Gasteiger partial charge in [-0.25, -0.2) is 4.39 Å². The maximum Gasteiger partial charge on any atom is 0.265 e. The highest BCUT2D eigenvalue weighted by molar-refractivity contribution is 5.94. The number of ether oxygens (including phenoxy) is 1. The molecule has 0 aliphatic heterocycles. The Morgan fingerprint density at radius 3 is 2.37 bits per heavy atom. The first-order valence-corrected chi connectivity index (χ1v) is 8.85. The molecule has 0 fully saturated rings. The van der Waals surface area contributed by atoms with Crippen LogP contribution in [0.4, 0.5) is 10.1 Å². The smallest absolute Gasteiger partial charge is 0.265 e. The number of para-hydroxylation sites is 1. The molecule has 3 aromatic rings. The van der Waals surface area contributed by atoms with Crippen LogP contribution in [0.3, 0.4) is 0 Å². The molecule has 1 aromatic heterocycles. The minimum Gasteiger partial charge on any atom is -0.478 e. The van der Waals surface area contributed by atoms with E-state index < -0.39 is 11.9 Å². The second-order valence-electron chi connectivity index (χ2n) is 6.16. The summed E-state index contributed by atoms with van der Waals surface area (Å²) in [6, 6.07) is 17.7. The number of carbonyl (C=O) groups excluding carboxylic acids is 1. The lowest BCUT2D eigenvalue weighted by Gasteiger charge is -2.17. The number of hydrogen-bond acceptors (Lipinski definition) is 3. The van der Waals surface area contributed by atoms with E-state index in [1.54, 1.807) is 24.5 Å². The van der Waals surface area contributed by atoms with Crippen molar-refractivity contribution in [1.29, 1.82) is 0 Å². The number of carbonyl (C=O) groups is 1. The molecule has 1 N–H and O–H groups in total. The molecule has 0 aliphatic carbocycles. The van der Waals surface area contributed by atoms with Crippen molar-refractivity contribution in [1.82, 2.24) is 4.98 Å². The van der Waals surface area contributed by atoms with Crippen LogP contribution in [-0.2, 0) is 11.2 Å². The molecule has 1 amide bonds. The van der Waals surface area contributed by atoms with Crippen LogP contribution in [0.25, 0.3) is 0 Å². The molecule has 1 heterocycles. The fraction of sp³-hybridized carbons (Fsp3) is 0.182. The number of nitrogens with zero attached hydrogens (tertiary/aromatic N) is 1. The van der Waals surface area contributed by atoms with E-state index in [0.717, 1.165) is 12.0 Å². The molecule has 0 unspecified atom stereocenters. The van der Waals surface area contributed by atoms with Gasteiger partial charge in [0.15, 0.2) is 17.7 Å². The number of amides is 1. The molecule has 138 valence electrons. The highest BCUT2D eigenvalue weighted by atomic mass is 19.1. The van der Waals surface area contributed by atoms with Crippen LogP contribution >= 0.6 is 0 Å². The van der Waals surface area contributed by atoms with E-state index in [4.69, 9.17) is 4.74 Å². The standard InChI is InChI=1S/C22H21FN2O2/c1-2-20(27-21-6-4-3-5-19(21)23)22(26)25-18-9-7-16(8-10-18)15-17-11-13-24-14-12-17/h3-14,20H,2,15H2,1H3,(H,25,26)/t20-/m0/s1. The monoisotopic (exact) mass is 364 g/mol. The average molecular weight is 364 g/mol. The van der Waals surface area contributed by atoms with Gasteiger partial charge in [-0.1, -0.05) is 31.2 Å². The van der Waals surface area contributed by atoms with Crippen LogP contribution in [0.5, 0.6) is 5.75 Å². The highest BCUT2D eigenvalue weighted by Gasteiger charge is 2.20. The summed E-state index contributed by atoms with van der Waals surface area (Å²) in [5, 5.41) is 2.83. The van der Waals surface area contributed by atoms with Crippen LogP contribution in [0.2, 0.25) is 0 Å². The van der Waals surface area contributed by atoms with Crippen LogP contribution in [0.15, 0.2) is 73.1 Å². The van der Waals surface area contributed by atoms with Crippen molar-refractivity contribution in [3.05, 3.63) is 90.0 Å². The Hall–Kier alpha value is -3.21. The van der Waals surface area contributed by atoms with E-state index >= 15 is 0 Å². The van der Waals surface area contributed by atoms with Gasteiger partial charge in [0.05, 0.1) is 0 Å². The third kappa shape index (κ3) is 5.14. The summed E-state index contributed by atoms with van der Waals surface area (Å²) in [6.07, 6.45) is 4.00. The van der Waals surface area contributed by atoms with Crippen LogP contribution in [0, 0.1) is 5.82 Å². The van der Waals surface area contributed by atoms with Crippen molar-refractivity contribution >= 4 is 11.6 Å². The normalized spacial score (nSPS) is 11.6. The zero-order chi connectivity index (χ0) is 19.1. The van der Waals surface area contributed by atoms with Gasteiger partial charge < -0.3 is 10.1 Å². The third-order valence-electron chi connectivity index (χ3n) is 4.15. The van der Waals surface area contributed by atoms with Crippen molar-refractivity contribution in [2.45, 2.75) is 25.9 Å². The molecule has 0 saturated heterocycles. The minimum absolute atomic E-state index is 0.0761. The van der Waals surface area contributed by atoms with Crippen molar-refractivity contribution in [2.75, 3.05) is 5.32 Å². The predicted molar refractivity (Wildman–Crippen MR) is 103 cm³/mol. The Morgan fingerprint density at radius 1 is 1.04 bits per heavy atom. The summed E-state index contributed by atoms with van der Waals surface area (Å²) in [5.74, 6) is -0.709. The zero-order valence-electron chi connectivity index (χ0n) is 15.1. The van der Waals surface area contributed by atoms with Gasteiger partial charge >= 0.3 is 0 Å². The SMILES string of the molecule is CC[C@H](Oc1ccccc1F)C(=O)Nc1ccc(Cc2ccncc2)cc1. The van der Waals surface area contributed by atoms with Gasteiger partial charge in [-0.2, -0.15) is 0 Å². The number of hydrogen-bond donors (Lipinski definition) is 1. The maximum atomic E-state index is 13.7. The van der Waals surface area contributed by atoms with Crippen molar-refractivity contribution < 1.29 is 13.9 Å². The van der Waals surface area contributed by atoms with E-state index in [9.17, 15) is 9.18 Å². The first kappa shape index (κ1) is 18.6. The van der Waals surface area contributed by atoms with E-state index in [-0.39, 0.29) is 11.7 Å². The Morgan fingerprint density at radius 2 is 1.70 bits per heavy atom. The molecule has 0 radical (unpaired) electrons.